The molecule has 2 N–H and O–H groups in total. The highest BCUT2D eigenvalue weighted by Crippen LogP contribution is 2.43. The van der Waals surface area contributed by atoms with E-state index in [1.165, 1.54) is 0 Å². The molecule has 1 aliphatic carbocycles. The smallest absolute Gasteiger partial charge is 0.254 e. The van der Waals surface area contributed by atoms with Gasteiger partial charge in [0.15, 0.2) is 0 Å². The predicted octanol–water partition coefficient (Wildman–Crippen LogP) is 1.60. The molecule has 5 rings (SSSR count). The molecule has 4 heterocycles. The van der Waals surface area contributed by atoms with E-state index < -0.39 is 0 Å². The monoisotopic (exact) mass is 390 g/mol. The number of hydrogen-bond acceptors (Lipinski definition) is 5. The third-order valence-electron chi connectivity index (χ3n) is 6.14. The van der Waals surface area contributed by atoms with Gasteiger partial charge in [0.05, 0.1) is 12.1 Å². The Labute approximate surface area is 167 Å². The van der Waals surface area contributed by atoms with Gasteiger partial charge in [-0.15, -0.1) is 0 Å². The third kappa shape index (κ3) is 3.14. The maximum Gasteiger partial charge on any atom is 0.254 e. The van der Waals surface area contributed by atoms with Gasteiger partial charge >= 0.3 is 0 Å². The van der Waals surface area contributed by atoms with Crippen LogP contribution >= 0.6 is 0 Å². The van der Waals surface area contributed by atoms with Crippen molar-refractivity contribution in [3.63, 3.8) is 0 Å². The Morgan fingerprint density at radius 2 is 2.17 bits per heavy atom. The highest BCUT2D eigenvalue weighted by molar-refractivity contribution is 5.78. The molecule has 29 heavy (non-hydrogen) atoms. The summed E-state index contributed by atoms with van der Waals surface area (Å²) in [5, 5.41) is 6.78. The molecule has 0 bridgehead atoms. The van der Waals surface area contributed by atoms with Crippen LogP contribution in [0.2, 0.25) is 0 Å². The lowest BCUT2D eigenvalue weighted by Crippen LogP contribution is -2.48. The number of likely N-dealkylation sites (tertiary alicyclic amines) is 1. The topological polar surface area (TPSA) is 108 Å². The van der Waals surface area contributed by atoms with Gasteiger partial charge in [0.2, 0.25) is 5.91 Å². The van der Waals surface area contributed by atoms with Crippen LogP contribution in [0.5, 0.6) is 0 Å². The average molecular weight is 390 g/mol. The summed E-state index contributed by atoms with van der Waals surface area (Å²) in [7, 11) is 0. The van der Waals surface area contributed by atoms with Crippen molar-refractivity contribution in [3.05, 3.63) is 64.1 Å². The molecular formula is C21H22N6O2. The number of piperidine rings is 1. The van der Waals surface area contributed by atoms with Crippen molar-refractivity contribution in [2.45, 2.75) is 37.5 Å². The number of nitrogens with one attached hydrogen (secondary N) is 2. The quantitative estimate of drug-likeness (QED) is 0.706. The number of hydrogen-bond donors (Lipinski definition) is 2. The lowest BCUT2D eigenvalue weighted by atomic mass is 9.77. The third-order valence-corrected chi connectivity index (χ3v) is 6.14. The molecule has 1 atom stereocenters. The first-order chi connectivity index (χ1) is 14.1. The second-order valence-electron chi connectivity index (χ2n) is 7.94. The first-order valence-corrected chi connectivity index (χ1v) is 9.95. The van der Waals surface area contributed by atoms with Crippen LogP contribution in [-0.4, -0.2) is 49.0 Å². The number of aromatic nitrogens is 5. The first kappa shape index (κ1) is 17.8. The Kier molecular flexibility index (Phi) is 4.26. The number of rotatable bonds is 3. The number of fused-ring (bicyclic) bond motifs is 2. The molecule has 0 radical (unpaired) electrons. The van der Waals surface area contributed by atoms with E-state index in [0.29, 0.717) is 25.2 Å². The Hall–Kier alpha value is -3.29. The minimum absolute atomic E-state index is 0.0772. The number of amides is 1. The van der Waals surface area contributed by atoms with Crippen LogP contribution in [0, 0.1) is 0 Å². The van der Waals surface area contributed by atoms with E-state index in [2.05, 4.69) is 20.2 Å². The largest absolute Gasteiger partial charge is 0.341 e. The Balaban J connectivity index is 1.47. The van der Waals surface area contributed by atoms with Crippen LogP contribution in [0.1, 0.15) is 36.2 Å². The van der Waals surface area contributed by atoms with Gasteiger partial charge in [0, 0.05) is 53.9 Å². The minimum Gasteiger partial charge on any atom is -0.341 e. The van der Waals surface area contributed by atoms with Crippen molar-refractivity contribution in [1.82, 2.24) is 30.0 Å². The summed E-state index contributed by atoms with van der Waals surface area (Å²) in [4.78, 5) is 39.5. The molecule has 2 aliphatic rings. The summed E-state index contributed by atoms with van der Waals surface area (Å²) in [6.07, 6.45) is 8.77. The number of carbonyl (C=O) groups excluding carboxylic acids is 1. The van der Waals surface area contributed by atoms with Gasteiger partial charge in [-0.3, -0.25) is 19.7 Å². The summed E-state index contributed by atoms with van der Waals surface area (Å²) < 4.78 is 0. The molecule has 8 heteroatoms. The molecule has 1 unspecified atom stereocenters. The van der Waals surface area contributed by atoms with E-state index >= 15 is 0 Å². The van der Waals surface area contributed by atoms with Gasteiger partial charge in [-0.05, 0) is 43.9 Å². The van der Waals surface area contributed by atoms with Gasteiger partial charge in [-0.25, -0.2) is 4.98 Å². The number of carbonyl (C=O) groups is 1. The summed E-state index contributed by atoms with van der Waals surface area (Å²) in [5.74, 6) is 0.628. The van der Waals surface area contributed by atoms with Gasteiger partial charge in [0.25, 0.3) is 5.56 Å². The van der Waals surface area contributed by atoms with Crippen LogP contribution in [0.25, 0.3) is 11.4 Å². The van der Waals surface area contributed by atoms with Crippen molar-refractivity contribution in [1.29, 1.82) is 0 Å². The fourth-order valence-electron chi connectivity index (χ4n) is 4.69. The maximum atomic E-state index is 12.9. The van der Waals surface area contributed by atoms with Crippen molar-refractivity contribution in [3.8, 4) is 11.4 Å². The van der Waals surface area contributed by atoms with Crippen LogP contribution in [0.15, 0.2) is 41.6 Å². The molecule has 3 aromatic rings. The fraction of sp³-hybridized carbons (Fsp3) is 0.381. The zero-order chi connectivity index (χ0) is 19.8. The Bertz CT molecular complexity index is 1090. The molecule has 1 aliphatic heterocycles. The van der Waals surface area contributed by atoms with Crippen molar-refractivity contribution < 1.29 is 4.79 Å². The molecule has 148 valence electrons. The molecular weight excluding hydrogens is 368 g/mol. The standard InChI is InChI=1S/C21H22N6O2/c28-17(11-15-5-9-23-26-15)27-10-2-6-21(13-27)7-4-16-18(21)24-19(25-20(16)29)14-3-1-8-22-12-14/h1,3,5,8-9,12H,2,4,6-7,10-11,13H2,(H,23,26)(H,24,25,29). The van der Waals surface area contributed by atoms with Gasteiger partial charge in [-0.1, -0.05) is 0 Å². The highest BCUT2D eigenvalue weighted by Gasteiger charge is 2.45. The Morgan fingerprint density at radius 1 is 1.24 bits per heavy atom. The lowest BCUT2D eigenvalue weighted by molar-refractivity contribution is -0.132. The van der Waals surface area contributed by atoms with Crippen LogP contribution < -0.4 is 5.56 Å². The second kappa shape index (κ2) is 6.95. The Morgan fingerprint density at radius 3 is 2.97 bits per heavy atom. The van der Waals surface area contributed by atoms with Crippen LogP contribution in [-0.2, 0) is 23.1 Å². The molecule has 0 aromatic carbocycles. The molecule has 0 saturated carbocycles. The van der Waals surface area contributed by atoms with Crippen molar-refractivity contribution in [2.24, 2.45) is 0 Å². The minimum atomic E-state index is -0.248. The van der Waals surface area contributed by atoms with Crippen LogP contribution in [0.3, 0.4) is 0 Å². The SMILES string of the molecule is O=C(Cc1ccn[nH]1)N1CCCC2(CCc3c2nc(-c2cccnc2)[nH]c3=O)C1. The number of aromatic amines is 2. The van der Waals surface area contributed by atoms with E-state index in [-0.39, 0.29) is 16.9 Å². The van der Waals surface area contributed by atoms with E-state index in [1.807, 2.05) is 23.1 Å². The predicted molar refractivity (Wildman–Crippen MR) is 106 cm³/mol. The van der Waals surface area contributed by atoms with Gasteiger partial charge in [0.1, 0.15) is 5.82 Å². The molecule has 1 saturated heterocycles. The average Bonchev–Trinajstić information content (AvgIpc) is 3.38. The molecule has 1 amide bonds. The molecule has 1 spiro atoms. The zero-order valence-electron chi connectivity index (χ0n) is 16.0. The number of nitrogens with zero attached hydrogens (tertiary/aromatic N) is 4. The van der Waals surface area contributed by atoms with E-state index in [4.69, 9.17) is 4.98 Å². The number of H-pyrrole nitrogens is 2. The summed E-state index contributed by atoms with van der Waals surface area (Å²) in [6, 6.07) is 5.54. The summed E-state index contributed by atoms with van der Waals surface area (Å²) in [6.45, 7) is 1.35. The first-order valence-electron chi connectivity index (χ1n) is 9.95. The maximum absolute atomic E-state index is 12.9. The van der Waals surface area contributed by atoms with E-state index in [9.17, 15) is 9.59 Å². The molecule has 3 aromatic heterocycles. The lowest BCUT2D eigenvalue weighted by Gasteiger charge is -2.40. The second-order valence-corrected chi connectivity index (χ2v) is 7.94. The van der Waals surface area contributed by atoms with Crippen LogP contribution in [0.4, 0.5) is 0 Å². The summed E-state index contributed by atoms with van der Waals surface area (Å²) >= 11 is 0. The highest BCUT2D eigenvalue weighted by atomic mass is 16.2. The van der Waals surface area contributed by atoms with E-state index in [1.54, 1.807) is 18.6 Å². The van der Waals surface area contributed by atoms with Gasteiger partial charge < -0.3 is 9.88 Å². The van der Waals surface area contributed by atoms with Gasteiger partial charge in [-0.2, -0.15) is 5.10 Å². The van der Waals surface area contributed by atoms with Crippen molar-refractivity contribution in [2.75, 3.05) is 13.1 Å². The molecule has 8 nitrogen and oxygen atoms in total. The fourth-order valence-corrected chi connectivity index (χ4v) is 4.69. The van der Waals surface area contributed by atoms with E-state index in [0.717, 1.165) is 48.3 Å². The van der Waals surface area contributed by atoms with Crippen molar-refractivity contribution >= 4 is 5.91 Å². The normalized spacial score (nSPS) is 20.8. The summed E-state index contributed by atoms with van der Waals surface area (Å²) in [5.41, 5.74) is 2.90. The number of pyridine rings is 1. The zero-order valence-corrected chi connectivity index (χ0v) is 16.0. The molecule has 1 fully saturated rings.